The Morgan fingerprint density at radius 2 is 2.21 bits per heavy atom. The van der Waals surface area contributed by atoms with Gasteiger partial charge >= 0.3 is 5.97 Å². The molecule has 7 nitrogen and oxygen atoms in total. The minimum absolute atomic E-state index is 0.0810. The average molecular weight is 369 g/mol. The first-order valence-corrected chi connectivity index (χ1v) is 9.23. The van der Waals surface area contributed by atoms with E-state index in [1.165, 1.54) is 18.4 Å². The second kappa shape index (κ2) is 8.84. The topological polar surface area (TPSA) is 94.3 Å². The second-order valence-electron chi connectivity index (χ2n) is 5.41. The summed E-state index contributed by atoms with van der Waals surface area (Å²) >= 11 is 2.62. The number of carbonyl (C=O) groups excluding carboxylic acids is 2. The van der Waals surface area contributed by atoms with Gasteiger partial charge in [-0.05, 0) is 23.8 Å². The van der Waals surface area contributed by atoms with Gasteiger partial charge in [-0.25, -0.2) is 4.79 Å². The van der Waals surface area contributed by atoms with Crippen LogP contribution in [0.4, 0.5) is 0 Å². The molecule has 0 bridgehead atoms. The molecule has 2 aromatic rings. The number of methoxy groups -OCH3 is 1. The Kier molecular flexibility index (Phi) is 6.80. The second-order valence-corrected chi connectivity index (χ2v) is 7.29. The molecule has 0 saturated carbocycles. The molecule has 1 amide bonds. The molecule has 9 heteroatoms. The summed E-state index contributed by atoms with van der Waals surface area (Å²) < 4.78 is 10.2. The number of hydrogen-bond donors (Lipinski definition) is 1. The van der Waals surface area contributed by atoms with Gasteiger partial charge in [-0.1, -0.05) is 31.7 Å². The summed E-state index contributed by atoms with van der Waals surface area (Å²) in [7, 11) is 1.31. The Hall–Kier alpha value is -1.87. The maximum Gasteiger partial charge on any atom is 0.328 e. The van der Waals surface area contributed by atoms with Gasteiger partial charge in [-0.15, -0.1) is 21.5 Å². The Morgan fingerprint density at radius 1 is 1.42 bits per heavy atom. The van der Waals surface area contributed by atoms with Crippen LogP contribution in [0.15, 0.2) is 27.2 Å². The molecular weight excluding hydrogens is 350 g/mol. The number of amides is 1. The van der Waals surface area contributed by atoms with Crippen molar-refractivity contribution >= 4 is 35.0 Å². The monoisotopic (exact) mass is 369 g/mol. The van der Waals surface area contributed by atoms with Crippen LogP contribution in [0.2, 0.25) is 0 Å². The lowest BCUT2D eigenvalue weighted by atomic mass is 10.0. The van der Waals surface area contributed by atoms with Gasteiger partial charge in [0.25, 0.3) is 11.1 Å². The van der Waals surface area contributed by atoms with Crippen molar-refractivity contribution in [3.8, 4) is 10.8 Å². The number of aromatic nitrogens is 2. The summed E-state index contributed by atoms with van der Waals surface area (Å²) in [5.74, 6) is 0.0377. The first kappa shape index (κ1) is 18.5. The first-order valence-electron chi connectivity index (χ1n) is 7.37. The van der Waals surface area contributed by atoms with Gasteiger partial charge in [0.1, 0.15) is 6.04 Å². The number of ether oxygens (including phenoxy) is 1. The number of carbonyl (C=O) groups is 2. The molecule has 1 N–H and O–H groups in total. The largest absolute Gasteiger partial charge is 0.467 e. The average Bonchev–Trinajstić information content (AvgIpc) is 3.21. The normalized spacial score (nSPS) is 12.2. The van der Waals surface area contributed by atoms with Gasteiger partial charge in [-0.2, -0.15) is 0 Å². The third-order valence-electron chi connectivity index (χ3n) is 2.99. The molecule has 0 spiro atoms. The number of hydrogen-bond acceptors (Lipinski definition) is 8. The van der Waals surface area contributed by atoms with Gasteiger partial charge in [0.2, 0.25) is 5.91 Å². The predicted molar refractivity (Wildman–Crippen MR) is 91.7 cm³/mol. The van der Waals surface area contributed by atoms with Crippen LogP contribution in [0.5, 0.6) is 0 Å². The van der Waals surface area contributed by atoms with Gasteiger partial charge in [0.05, 0.1) is 17.7 Å². The molecule has 0 aliphatic rings. The molecule has 0 saturated heterocycles. The summed E-state index contributed by atoms with van der Waals surface area (Å²) in [5, 5.41) is 12.8. The molecule has 2 aromatic heterocycles. The van der Waals surface area contributed by atoms with E-state index in [0.717, 1.165) is 16.6 Å². The van der Waals surface area contributed by atoms with Gasteiger partial charge in [0.15, 0.2) is 0 Å². The van der Waals surface area contributed by atoms with Gasteiger partial charge in [0, 0.05) is 0 Å². The number of nitrogens with zero attached hydrogens (tertiary/aromatic N) is 2. The molecule has 0 aliphatic heterocycles. The lowest BCUT2D eigenvalue weighted by molar-refractivity contribution is -0.145. The highest BCUT2D eigenvalue weighted by molar-refractivity contribution is 7.99. The summed E-state index contributed by atoms with van der Waals surface area (Å²) in [5.41, 5.74) is 0. The van der Waals surface area contributed by atoms with E-state index in [2.05, 4.69) is 15.5 Å². The van der Waals surface area contributed by atoms with Crippen molar-refractivity contribution in [1.29, 1.82) is 0 Å². The van der Waals surface area contributed by atoms with E-state index in [9.17, 15) is 9.59 Å². The smallest absolute Gasteiger partial charge is 0.328 e. The lowest BCUT2D eigenvalue weighted by Crippen LogP contribution is -2.43. The zero-order chi connectivity index (χ0) is 17.5. The first-order chi connectivity index (χ1) is 11.5. The fraction of sp³-hybridized carbons (Fsp3) is 0.467. The molecule has 0 radical (unpaired) electrons. The Balaban J connectivity index is 1.87. The fourth-order valence-electron chi connectivity index (χ4n) is 1.96. The molecule has 2 rings (SSSR count). The van der Waals surface area contributed by atoms with Crippen LogP contribution < -0.4 is 5.32 Å². The molecule has 2 heterocycles. The van der Waals surface area contributed by atoms with Crippen LogP contribution in [0.3, 0.4) is 0 Å². The fourth-order valence-corrected chi connectivity index (χ4v) is 3.18. The van der Waals surface area contributed by atoms with E-state index in [0.29, 0.717) is 17.5 Å². The number of rotatable bonds is 8. The van der Waals surface area contributed by atoms with Crippen molar-refractivity contribution < 1.29 is 18.7 Å². The van der Waals surface area contributed by atoms with E-state index in [-0.39, 0.29) is 17.6 Å². The van der Waals surface area contributed by atoms with Gasteiger partial charge < -0.3 is 14.5 Å². The number of thiophene rings is 1. The predicted octanol–water partition coefficient (Wildman–Crippen LogP) is 2.59. The Labute approximate surface area is 148 Å². The Morgan fingerprint density at radius 3 is 2.83 bits per heavy atom. The summed E-state index contributed by atoms with van der Waals surface area (Å²) in [6.07, 6.45) is 0.520. The highest BCUT2D eigenvalue weighted by Gasteiger charge is 2.23. The third-order valence-corrected chi connectivity index (χ3v) is 4.67. The molecule has 0 aliphatic carbocycles. The van der Waals surface area contributed by atoms with E-state index in [1.807, 2.05) is 31.4 Å². The third kappa shape index (κ3) is 5.34. The SMILES string of the molecule is COC(=O)[C@H](CC(C)C)NC(=O)CSc1nnc(-c2cccs2)o1. The molecule has 130 valence electrons. The molecular formula is C15H19N3O4S2. The molecule has 24 heavy (non-hydrogen) atoms. The highest BCUT2D eigenvalue weighted by atomic mass is 32.2. The summed E-state index contributed by atoms with van der Waals surface area (Å²) in [6, 6.07) is 3.13. The van der Waals surface area contributed by atoms with Crippen LogP contribution >= 0.6 is 23.1 Å². The van der Waals surface area contributed by atoms with Crippen molar-refractivity contribution in [3.63, 3.8) is 0 Å². The van der Waals surface area contributed by atoms with Crippen molar-refractivity contribution in [1.82, 2.24) is 15.5 Å². The van der Waals surface area contributed by atoms with E-state index in [1.54, 1.807) is 0 Å². The van der Waals surface area contributed by atoms with Crippen molar-refractivity contribution in [2.75, 3.05) is 12.9 Å². The van der Waals surface area contributed by atoms with E-state index < -0.39 is 12.0 Å². The van der Waals surface area contributed by atoms with Crippen LogP contribution in [-0.2, 0) is 14.3 Å². The minimum atomic E-state index is -0.646. The zero-order valence-corrected chi connectivity index (χ0v) is 15.3. The van der Waals surface area contributed by atoms with Crippen molar-refractivity contribution in [2.24, 2.45) is 5.92 Å². The van der Waals surface area contributed by atoms with Gasteiger partial charge in [-0.3, -0.25) is 4.79 Å². The van der Waals surface area contributed by atoms with E-state index in [4.69, 9.17) is 9.15 Å². The quantitative estimate of drug-likeness (QED) is 0.564. The lowest BCUT2D eigenvalue weighted by Gasteiger charge is -2.17. The number of thioether (sulfide) groups is 1. The van der Waals surface area contributed by atoms with Crippen LogP contribution in [0.25, 0.3) is 10.8 Å². The molecule has 0 fully saturated rings. The molecule has 0 unspecified atom stereocenters. The zero-order valence-electron chi connectivity index (χ0n) is 13.6. The van der Waals surface area contributed by atoms with Crippen molar-refractivity contribution in [3.05, 3.63) is 17.5 Å². The maximum absolute atomic E-state index is 12.0. The van der Waals surface area contributed by atoms with Crippen LogP contribution in [0.1, 0.15) is 20.3 Å². The van der Waals surface area contributed by atoms with E-state index >= 15 is 0 Å². The molecule has 0 aromatic carbocycles. The number of esters is 1. The number of nitrogens with one attached hydrogen (secondary N) is 1. The molecule has 1 atom stereocenters. The summed E-state index contributed by atoms with van der Waals surface area (Å²) in [6.45, 7) is 3.95. The van der Waals surface area contributed by atoms with Crippen molar-refractivity contribution in [2.45, 2.75) is 31.5 Å². The summed E-state index contributed by atoms with van der Waals surface area (Å²) in [4.78, 5) is 24.6. The van der Waals surface area contributed by atoms with Crippen LogP contribution in [-0.4, -0.2) is 41.0 Å². The minimum Gasteiger partial charge on any atom is -0.467 e. The van der Waals surface area contributed by atoms with Crippen LogP contribution in [0, 0.1) is 5.92 Å². The highest BCUT2D eigenvalue weighted by Crippen LogP contribution is 2.26. The Bertz CT molecular complexity index is 670. The standard InChI is InChI=1S/C15H19N3O4S2/c1-9(2)7-10(14(20)21-3)16-12(19)8-24-15-18-17-13(22-15)11-5-4-6-23-11/h4-6,9-10H,7-8H2,1-3H3,(H,16,19)/t10-/m0/s1. The maximum atomic E-state index is 12.0.